The Morgan fingerprint density at radius 1 is 1.36 bits per heavy atom. The van der Waals surface area contributed by atoms with Crippen LogP contribution < -0.4 is 0 Å². The Balaban J connectivity index is 2.68. The number of hydrogen-bond acceptors (Lipinski definition) is 5. The summed E-state index contributed by atoms with van der Waals surface area (Å²) in [6, 6.07) is 0. The molecule has 0 amide bonds. The molecule has 0 aliphatic heterocycles. The summed E-state index contributed by atoms with van der Waals surface area (Å²) in [5, 5.41) is 19.2. The molecular formula is C8H11ClN2O2S. The predicted octanol–water partition coefficient (Wildman–Crippen LogP) is 0.844. The second-order valence-electron chi connectivity index (χ2n) is 2.81. The summed E-state index contributed by atoms with van der Waals surface area (Å²) in [6.07, 6.45) is 1.35. The third kappa shape index (κ3) is 3.09. The number of halogens is 1. The van der Waals surface area contributed by atoms with Gasteiger partial charge < -0.3 is 10.2 Å². The lowest BCUT2D eigenvalue weighted by molar-refractivity contribution is 0.0168. The highest BCUT2D eigenvalue weighted by Gasteiger charge is 2.17. The average molecular weight is 235 g/mol. The van der Waals surface area contributed by atoms with Gasteiger partial charge in [0, 0.05) is 18.0 Å². The van der Waals surface area contributed by atoms with Crippen molar-refractivity contribution in [2.45, 2.75) is 18.6 Å². The lowest BCUT2D eigenvalue weighted by atomic mass is 10.1. The molecule has 4 nitrogen and oxygen atoms in total. The van der Waals surface area contributed by atoms with Crippen LogP contribution in [0.1, 0.15) is 18.1 Å². The smallest absolute Gasteiger partial charge is 0.222 e. The first-order valence-electron chi connectivity index (χ1n) is 4.09. The molecule has 1 rings (SSSR count). The van der Waals surface area contributed by atoms with Crippen LogP contribution in [0, 0.1) is 0 Å². The number of nitrogens with zero attached hydrogens (tertiary/aromatic N) is 2. The number of aromatic nitrogens is 2. The summed E-state index contributed by atoms with van der Waals surface area (Å²) >= 11 is 9.44. The van der Waals surface area contributed by atoms with Gasteiger partial charge in [-0.2, -0.15) is 12.6 Å². The molecule has 1 heterocycles. The van der Waals surface area contributed by atoms with E-state index in [0.29, 0.717) is 17.7 Å². The molecule has 1 aromatic heterocycles. The third-order valence-corrected chi connectivity index (χ3v) is 2.22. The van der Waals surface area contributed by atoms with E-state index >= 15 is 0 Å². The van der Waals surface area contributed by atoms with Gasteiger partial charge in [-0.05, 0) is 23.8 Å². The van der Waals surface area contributed by atoms with Crippen molar-refractivity contribution >= 4 is 24.2 Å². The molecule has 0 aromatic carbocycles. The minimum absolute atomic E-state index is 0.115. The molecule has 0 bridgehead atoms. The molecule has 0 saturated heterocycles. The molecule has 0 spiro atoms. The van der Waals surface area contributed by atoms with Crippen LogP contribution in [0.5, 0.6) is 0 Å². The van der Waals surface area contributed by atoms with Crippen molar-refractivity contribution in [1.82, 2.24) is 9.97 Å². The van der Waals surface area contributed by atoms with Gasteiger partial charge in [-0.3, -0.25) is 0 Å². The van der Waals surface area contributed by atoms with Crippen molar-refractivity contribution < 1.29 is 10.2 Å². The highest BCUT2D eigenvalue weighted by atomic mass is 35.5. The van der Waals surface area contributed by atoms with Crippen LogP contribution in [0.4, 0.5) is 0 Å². The molecule has 14 heavy (non-hydrogen) atoms. The zero-order valence-corrected chi connectivity index (χ0v) is 8.99. The van der Waals surface area contributed by atoms with E-state index in [1.54, 1.807) is 0 Å². The highest BCUT2D eigenvalue weighted by Crippen LogP contribution is 2.18. The van der Waals surface area contributed by atoms with Crippen molar-refractivity contribution in [3.63, 3.8) is 0 Å². The lowest BCUT2D eigenvalue weighted by Crippen LogP contribution is -2.19. The van der Waals surface area contributed by atoms with E-state index in [1.165, 1.54) is 12.4 Å². The van der Waals surface area contributed by atoms with Gasteiger partial charge >= 0.3 is 0 Å². The van der Waals surface area contributed by atoms with E-state index in [9.17, 15) is 10.2 Å². The second-order valence-corrected chi connectivity index (χ2v) is 3.60. The highest BCUT2D eigenvalue weighted by molar-refractivity contribution is 7.80. The van der Waals surface area contributed by atoms with Crippen molar-refractivity contribution in [2.24, 2.45) is 0 Å². The number of rotatable bonds is 4. The van der Waals surface area contributed by atoms with Gasteiger partial charge in [0.15, 0.2) is 0 Å². The predicted molar refractivity (Wildman–Crippen MR) is 56.5 cm³/mol. The van der Waals surface area contributed by atoms with E-state index in [4.69, 9.17) is 11.6 Å². The molecule has 6 heteroatoms. The first kappa shape index (κ1) is 11.7. The SMILES string of the molecule is OC(CCS)C(O)c1cnc(Cl)nc1. The number of thiol groups is 1. The Morgan fingerprint density at radius 3 is 2.43 bits per heavy atom. The van der Waals surface area contributed by atoms with Gasteiger partial charge in [-0.15, -0.1) is 0 Å². The van der Waals surface area contributed by atoms with E-state index < -0.39 is 12.2 Å². The molecule has 0 saturated carbocycles. The zero-order chi connectivity index (χ0) is 10.6. The van der Waals surface area contributed by atoms with Crippen LogP contribution in [0.25, 0.3) is 0 Å². The molecule has 2 N–H and O–H groups in total. The normalized spacial score (nSPS) is 15.1. The van der Waals surface area contributed by atoms with Crippen LogP contribution in [0.15, 0.2) is 12.4 Å². The quantitative estimate of drug-likeness (QED) is 0.534. The molecule has 0 aliphatic rings. The third-order valence-electron chi connectivity index (χ3n) is 1.77. The molecule has 2 unspecified atom stereocenters. The summed E-state index contributed by atoms with van der Waals surface area (Å²) in [4.78, 5) is 7.41. The van der Waals surface area contributed by atoms with Gasteiger partial charge in [0.05, 0.1) is 6.10 Å². The Kier molecular flexibility index (Phi) is 4.60. The monoisotopic (exact) mass is 234 g/mol. The van der Waals surface area contributed by atoms with Gasteiger partial charge in [-0.25, -0.2) is 9.97 Å². The van der Waals surface area contributed by atoms with E-state index in [1.807, 2.05) is 0 Å². The summed E-state index contributed by atoms with van der Waals surface area (Å²) in [7, 11) is 0. The maximum absolute atomic E-state index is 9.60. The van der Waals surface area contributed by atoms with E-state index in [-0.39, 0.29) is 5.28 Å². The Morgan fingerprint density at radius 2 is 1.93 bits per heavy atom. The summed E-state index contributed by atoms with van der Waals surface area (Å²) in [5.41, 5.74) is 0.448. The molecule has 78 valence electrons. The molecule has 0 aliphatic carbocycles. The number of aliphatic hydroxyl groups is 2. The maximum Gasteiger partial charge on any atom is 0.222 e. The lowest BCUT2D eigenvalue weighted by Gasteiger charge is -2.16. The van der Waals surface area contributed by atoms with Crippen LogP contribution in [-0.2, 0) is 0 Å². The largest absolute Gasteiger partial charge is 0.390 e. The minimum atomic E-state index is -0.987. The number of hydrogen-bond donors (Lipinski definition) is 3. The van der Waals surface area contributed by atoms with Gasteiger partial charge in [0.25, 0.3) is 0 Å². The van der Waals surface area contributed by atoms with Crippen LogP contribution in [-0.4, -0.2) is 32.0 Å². The van der Waals surface area contributed by atoms with Crippen LogP contribution in [0.3, 0.4) is 0 Å². The average Bonchev–Trinajstić information content (AvgIpc) is 2.18. The van der Waals surface area contributed by atoms with Crippen molar-refractivity contribution in [3.05, 3.63) is 23.2 Å². The van der Waals surface area contributed by atoms with Gasteiger partial charge in [0.1, 0.15) is 6.10 Å². The molecule has 1 aromatic rings. The summed E-state index contributed by atoms with van der Waals surface area (Å²) in [5.74, 6) is 0.507. The molecular weight excluding hydrogens is 224 g/mol. The Bertz CT molecular complexity index is 283. The molecule has 2 atom stereocenters. The minimum Gasteiger partial charge on any atom is -0.390 e. The van der Waals surface area contributed by atoms with Crippen LogP contribution >= 0.6 is 24.2 Å². The standard InChI is InChI=1S/C8H11ClN2O2S/c9-8-10-3-5(4-11-8)7(13)6(12)1-2-14/h3-4,6-7,12-14H,1-2H2. The fraction of sp³-hybridized carbons (Fsp3) is 0.500. The summed E-state index contributed by atoms with van der Waals surface area (Å²) in [6.45, 7) is 0. The van der Waals surface area contributed by atoms with E-state index in [0.717, 1.165) is 0 Å². The zero-order valence-electron chi connectivity index (χ0n) is 7.34. The van der Waals surface area contributed by atoms with Gasteiger partial charge in [0.2, 0.25) is 5.28 Å². The summed E-state index contributed by atoms with van der Waals surface area (Å²) < 4.78 is 0. The van der Waals surface area contributed by atoms with Crippen molar-refractivity contribution in [2.75, 3.05) is 5.75 Å². The van der Waals surface area contributed by atoms with Crippen molar-refractivity contribution in [1.29, 1.82) is 0 Å². The molecule has 0 fully saturated rings. The second kappa shape index (κ2) is 5.50. The maximum atomic E-state index is 9.60. The molecule has 0 radical (unpaired) electrons. The van der Waals surface area contributed by atoms with Gasteiger partial charge in [-0.1, -0.05) is 0 Å². The topological polar surface area (TPSA) is 66.2 Å². The van der Waals surface area contributed by atoms with E-state index in [2.05, 4.69) is 22.6 Å². The first-order chi connectivity index (χ1) is 6.65. The fourth-order valence-corrected chi connectivity index (χ4v) is 1.35. The van der Waals surface area contributed by atoms with Crippen LogP contribution in [0.2, 0.25) is 5.28 Å². The first-order valence-corrected chi connectivity index (χ1v) is 5.10. The number of aliphatic hydroxyl groups excluding tert-OH is 2. The Hall–Kier alpha value is -0.360. The fourth-order valence-electron chi connectivity index (χ4n) is 0.987. The Labute approximate surface area is 92.4 Å². The van der Waals surface area contributed by atoms with Crippen molar-refractivity contribution in [3.8, 4) is 0 Å².